The van der Waals surface area contributed by atoms with Gasteiger partial charge >= 0.3 is 5.97 Å². The van der Waals surface area contributed by atoms with Crippen molar-refractivity contribution in [2.24, 2.45) is 4.99 Å². The van der Waals surface area contributed by atoms with Crippen LogP contribution in [0.15, 0.2) is 93.9 Å². The zero-order chi connectivity index (χ0) is 28.9. The van der Waals surface area contributed by atoms with Crippen LogP contribution in [0.25, 0.3) is 6.08 Å². The van der Waals surface area contributed by atoms with E-state index in [1.807, 2.05) is 67.6 Å². The number of benzene rings is 3. The Morgan fingerprint density at radius 2 is 1.76 bits per heavy atom. The van der Waals surface area contributed by atoms with Gasteiger partial charge in [0, 0.05) is 5.02 Å². The molecular weight excluding hydrogens is 560 g/mol. The summed E-state index contributed by atoms with van der Waals surface area (Å²) < 4.78 is 19.2. The normalized spacial score (nSPS) is 14.8. The Bertz CT molecular complexity index is 1790. The van der Waals surface area contributed by atoms with Crippen molar-refractivity contribution in [1.29, 1.82) is 0 Å². The summed E-state index contributed by atoms with van der Waals surface area (Å²) in [6.07, 6.45) is 1.79. The number of fused-ring (bicyclic) bond motifs is 1. The van der Waals surface area contributed by atoms with Gasteiger partial charge in [0.15, 0.2) is 16.3 Å². The summed E-state index contributed by atoms with van der Waals surface area (Å²) in [7, 11) is 0. The largest absolute Gasteiger partial charge is 0.490 e. The zero-order valence-corrected chi connectivity index (χ0v) is 24.5. The van der Waals surface area contributed by atoms with Crippen LogP contribution in [0.5, 0.6) is 11.5 Å². The predicted molar refractivity (Wildman–Crippen MR) is 160 cm³/mol. The highest BCUT2D eigenvalue weighted by molar-refractivity contribution is 7.07. The maximum absolute atomic E-state index is 13.9. The van der Waals surface area contributed by atoms with Crippen LogP contribution in [0.1, 0.15) is 43.5 Å². The molecule has 210 valence electrons. The van der Waals surface area contributed by atoms with Crippen LogP contribution in [0.3, 0.4) is 0 Å². The first-order valence-electron chi connectivity index (χ1n) is 13.3. The summed E-state index contributed by atoms with van der Waals surface area (Å²) >= 11 is 7.83. The van der Waals surface area contributed by atoms with Gasteiger partial charge in [-0.15, -0.1) is 0 Å². The van der Waals surface area contributed by atoms with E-state index in [0.717, 1.165) is 11.1 Å². The molecule has 0 fully saturated rings. The Morgan fingerprint density at radius 3 is 2.49 bits per heavy atom. The van der Waals surface area contributed by atoms with Gasteiger partial charge in [0.05, 0.1) is 29.0 Å². The van der Waals surface area contributed by atoms with Gasteiger partial charge in [0.25, 0.3) is 5.56 Å². The first-order valence-corrected chi connectivity index (χ1v) is 14.5. The number of carbonyl (C=O) groups is 1. The maximum atomic E-state index is 13.9. The molecule has 0 N–H and O–H groups in total. The lowest BCUT2D eigenvalue weighted by Gasteiger charge is -2.25. The molecule has 1 unspecified atom stereocenters. The smallest absolute Gasteiger partial charge is 0.338 e. The van der Waals surface area contributed by atoms with Crippen molar-refractivity contribution < 1.29 is 19.0 Å². The average Bonchev–Trinajstić information content (AvgIpc) is 3.27. The molecule has 3 aromatic carbocycles. The fourth-order valence-electron chi connectivity index (χ4n) is 4.67. The zero-order valence-electron chi connectivity index (χ0n) is 22.9. The third kappa shape index (κ3) is 5.99. The summed E-state index contributed by atoms with van der Waals surface area (Å²) in [5.41, 5.74) is 2.93. The standard InChI is InChI=1S/C32H29ClN2O5S/c1-4-38-26-17-22(15-16-25(26)40-19-21-11-7-6-8-12-21)18-27-30(36)35-29(23-13-9-10-14-24(23)33)28(31(37)39-5-2)20(3)34-32(35)41-27/h6-18,29H,4-5,19H2,1-3H3. The monoisotopic (exact) mass is 588 g/mol. The molecule has 1 atom stereocenters. The van der Waals surface area contributed by atoms with E-state index in [-0.39, 0.29) is 17.7 Å². The molecule has 1 aliphatic heterocycles. The number of hydrogen-bond acceptors (Lipinski definition) is 7. The van der Waals surface area contributed by atoms with Crippen molar-refractivity contribution in [2.45, 2.75) is 33.4 Å². The minimum Gasteiger partial charge on any atom is -0.490 e. The van der Waals surface area contributed by atoms with Gasteiger partial charge in [0.1, 0.15) is 12.6 Å². The summed E-state index contributed by atoms with van der Waals surface area (Å²) in [5, 5.41) is 0.441. The lowest BCUT2D eigenvalue weighted by atomic mass is 9.96. The Kier molecular flexibility index (Phi) is 8.71. The molecule has 0 saturated heterocycles. The van der Waals surface area contributed by atoms with Gasteiger partial charge in [-0.1, -0.05) is 77.5 Å². The highest BCUT2D eigenvalue weighted by atomic mass is 35.5. The van der Waals surface area contributed by atoms with Crippen LogP contribution in [-0.2, 0) is 16.1 Å². The third-order valence-corrected chi connectivity index (χ3v) is 7.85. The first kappa shape index (κ1) is 28.4. The number of ether oxygens (including phenoxy) is 3. The second-order valence-corrected chi connectivity index (χ2v) is 10.7. The molecule has 0 saturated carbocycles. The molecule has 0 aliphatic carbocycles. The Morgan fingerprint density at radius 1 is 1.00 bits per heavy atom. The van der Waals surface area contributed by atoms with Gasteiger partial charge in [-0.25, -0.2) is 9.79 Å². The minimum atomic E-state index is -0.770. The fourth-order valence-corrected chi connectivity index (χ4v) is 5.96. The SMILES string of the molecule is CCOC(=O)C1=C(C)N=c2sc(=Cc3ccc(OCc4ccccc4)c(OCC)c3)c(=O)n2C1c1ccccc1Cl. The molecule has 4 aromatic rings. The Labute approximate surface area is 246 Å². The Hall–Kier alpha value is -4.14. The van der Waals surface area contributed by atoms with Gasteiger partial charge in [-0.2, -0.15) is 0 Å². The van der Waals surface area contributed by atoms with Crippen molar-refractivity contribution >= 4 is 35.0 Å². The van der Waals surface area contributed by atoms with E-state index in [1.165, 1.54) is 15.9 Å². The van der Waals surface area contributed by atoms with Crippen molar-refractivity contribution in [2.75, 3.05) is 13.2 Å². The number of allylic oxidation sites excluding steroid dienone is 1. The quantitative estimate of drug-likeness (QED) is 0.244. The molecule has 0 amide bonds. The molecule has 41 heavy (non-hydrogen) atoms. The summed E-state index contributed by atoms with van der Waals surface area (Å²) in [6.45, 7) is 6.45. The topological polar surface area (TPSA) is 79.1 Å². The first-order chi connectivity index (χ1) is 19.9. The second kappa shape index (κ2) is 12.6. The van der Waals surface area contributed by atoms with E-state index in [9.17, 15) is 9.59 Å². The van der Waals surface area contributed by atoms with Crippen molar-refractivity contribution in [3.05, 3.63) is 125 Å². The number of nitrogens with zero attached hydrogens (tertiary/aromatic N) is 2. The molecule has 1 aliphatic rings. The molecule has 0 radical (unpaired) electrons. The van der Waals surface area contributed by atoms with E-state index in [1.54, 1.807) is 32.1 Å². The number of thiazole rings is 1. The average molecular weight is 589 g/mol. The molecular formula is C32H29ClN2O5S. The van der Waals surface area contributed by atoms with Crippen LogP contribution in [0.2, 0.25) is 5.02 Å². The second-order valence-electron chi connectivity index (χ2n) is 9.24. The van der Waals surface area contributed by atoms with Crippen molar-refractivity contribution in [3.63, 3.8) is 0 Å². The Balaban J connectivity index is 1.57. The number of carbonyl (C=O) groups excluding carboxylic acids is 1. The molecule has 7 nitrogen and oxygen atoms in total. The van der Waals surface area contributed by atoms with Crippen LogP contribution >= 0.6 is 22.9 Å². The molecule has 0 bridgehead atoms. The number of rotatable bonds is 9. The number of esters is 1. The minimum absolute atomic E-state index is 0.197. The molecule has 0 spiro atoms. The third-order valence-electron chi connectivity index (χ3n) is 6.52. The predicted octanol–water partition coefficient (Wildman–Crippen LogP) is 5.43. The van der Waals surface area contributed by atoms with Gasteiger partial charge in [0.2, 0.25) is 0 Å². The summed E-state index contributed by atoms with van der Waals surface area (Å²) in [5.74, 6) is 0.669. The molecule has 9 heteroatoms. The van der Waals surface area contributed by atoms with E-state index in [0.29, 0.717) is 50.3 Å². The molecule has 2 heterocycles. The maximum Gasteiger partial charge on any atom is 0.338 e. The van der Waals surface area contributed by atoms with Crippen LogP contribution < -0.4 is 24.4 Å². The summed E-state index contributed by atoms with van der Waals surface area (Å²) in [6, 6.07) is 21.9. The van der Waals surface area contributed by atoms with Crippen LogP contribution in [0.4, 0.5) is 0 Å². The highest BCUT2D eigenvalue weighted by Gasteiger charge is 2.34. The molecule has 5 rings (SSSR count). The van der Waals surface area contributed by atoms with Gasteiger partial charge in [-0.05, 0) is 61.7 Å². The summed E-state index contributed by atoms with van der Waals surface area (Å²) in [4.78, 5) is 32.1. The van der Waals surface area contributed by atoms with Crippen LogP contribution in [0, 0.1) is 0 Å². The van der Waals surface area contributed by atoms with E-state index in [4.69, 9.17) is 25.8 Å². The van der Waals surface area contributed by atoms with Gasteiger partial charge in [-0.3, -0.25) is 9.36 Å². The lowest BCUT2D eigenvalue weighted by Crippen LogP contribution is -2.40. The molecule has 1 aromatic heterocycles. The van der Waals surface area contributed by atoms with E-state index >= 15 is 0 Å². The van der Waals surface area contributed by atoms with E-state index < -0.39 is 12.0 Å². The number of aromatic nitrogens is 1. The lowest BCUT2D eigenvalue weighted by molar-refractivity contribution is -0.139. The fraction of sp³-hybridized carbons (Fsp3) is 0.219. The number of hydrogen-bond donors (Lipinski definition) is 0. The van der Waals surface area contributed by atoms with Crippen molar-refractivity contribution in [1.82, 2.24) is 4.57 Å². The van der Waals surface area contributed by atoms with Crippen molar-refractivity contribution in [3.8, 4) is 11.5 Å². The van der Waals surface area contributed by atoms with Crippen LogP contribution in [-0.4, -0.2) is 23.8 Å². The highest BCUT2D eigenvalue weighted by Crippen LogP contribution is 2.34. The number of halogens is 1. The van der Waals surface area contributed by atoms with Gasteiger partial charge < -0.3 is 14.2 Å². The van der Waals surface area contributed by atoms with E-state index in [2.05, 4.69) is 4.99 Å².